The first-order chi connectivity index (χ1) is 25.3. The number of aromatic nitrogens is 1. The molecule has 0 aliphatic carbocycles. The summed E-state index contributed by atoms with van der Waals surface area (Å²) in [5.74, 6) is 1.77. The Balaban J connectivity index is 0.965. The summed E-state index contributed by atoms with van der Waals surface area (Å²) in [5.41, 5.74) is 13.7. The highest BCUT2D eigenvalue weighted by atomic mass is 16.5. The van der Waals surface area contributed by atoms with E-state index >= 15 is 0 Å². The largest absolute Gasteiger partial charge is 0.452 e. The van der Waals surface area contributed by atoms with Gasteiger partial charge in [0.25, 0.3) is 0 Å². The zero-order valence-corrected chi connectivity index (χ0v) is 27.8. The van der Waals surface area contributed by atoms with Gasteiger partial charge >= 0.3 is 0 Å². The van der Waals surface area contributed by atoms with Crippen LogP contribution in [0.15, 0.2) is 194 Å². The minimum atomic E-state index is 0.882. The molecule has 1 aliphatic rings. The Morgan fingerprint density at radius 1 is 0.392 bits per heavy atom. The van der Waals surface area contributed by atoms with E-state index in [9.17, 15) is 0 Å². The predicted molar refractivity (Wildman–Crippen MR) is 212 cm³/mol. The van der Waals surface area contributed by atoms with Gasteiger partial charge in [0.05, 0.1) is 16.7 Å². The van der Waals surface area contributed by atoms with Crippen LogP contribution in [0.2, 0.25) is 0 Å². The molecule has 3 nitrogen and oxygen atoms in total. The number of hydrogen-bond donors (Lipinski definition) is 0. The van der Waals surface area contributed by atoms with E-state index in [0.717, 1.165) is 50.9 Å². The van der Waals surface area contributed by atoms with E-state index in [1.54, 1.807) is 0 Å². The van der Waals surface area contributed by atoms with Gasteiger partial charge in [0, 0.05) is 33.4 Å². The van der Waals surface area contributed by atoms with Crippen molar-refractivity contribution in [1.82, 2.24) is 4.57 Å². The van der Waals surface area contributed by atoms with Crippen molar-refractivity contribution in [3.63, 3.8) is 0 Å². The monoisotopic (exact) mass is 652 g/mol. The summed E-state index contributed by atoms with van der Waals surface area (Å²) < 4.78 is 9.08. The first-order valence-corrected chi connectivity index (χ1v) is 17.4. The summed E-state index contributed by atoms with van der Waals surface area (Å²) in [6.45, 7) is 0. The van der Waals surface area contributed by atoms with Crippen molar-refractivity contribution >= 4 is 38.9 Å². The summed E-state index contributed by atoms with van der Waals surface area (Å²) in [7, 11) is 0. The van der Waals surface area contributed by atoms with Crippen LogP contribution in [-0.4, -0.2) is 4.57 Å². The second kappa shape index (κ2) is 11.9. The van der Waals surface area contributed by atoms with Gasteiger partial charge in [-0.1, -0.05) is 133 Å². The minimum absolute atomic E-state index is 0.882. The van der Waals surface area contributed by atoms with E-state index in [-0.39, 0.29) is 0 Å². The molecule has 1 aliphatic heterocycles. The number of para-hydroxylation sites is 5. The molecular weight excluding hydrogens is 621 g/mol. The highest BCUT2D eigenvalue weighted by molar-refractivity contribution is 6.12. The van der Waals surface area contributed by atoms with Crippen LogP contribution in [0.1, 0.15) is 0 Å². The quantitative estimate of drug-likeness (QED) is 0.178. The third kappa shape index (κ3) is 4.90. The van der Waals surface area contributed by atoms with Crippen molar-refractivity contribution in [3.05, 3.63) is 194 Å². The molecule has 2 heterocycles. The zero-order chi connectivity index (χ0) is 33.7. The summed E-state index contributed by atoms with van der Waals surface area (Å²) in [5, 5.41) is 2.45. The highest BCUT2D eigenvalue weighted by Crippen LogP contribution is 2.49. The van der Waals surface area contributed by atoms with Crippen molar-refractivity contribution in [2.24, 2.45) is 0 Å². The number of benzene rings is 8. The molecule has 0 bridgehead atoms. The highest BCUT2D eigenvalue weighted by Gasteiger charge is 2.25. The van der Waals surface area contributed by atoms with Crippen LogP contribution in [0, 0.1) is 0 Å². The molecule has 0 amide bonds. The van der Waals surface area contributed by atoms with Gasteiger partial charge in [-0.15, -0.1) is 0 Å². The maximum absolute atomic E-state index is 6.72. The Labute approximate surface area is 296 Å². The van der Waals surface area contributed by atoms with Crippen molar-refractivity contribution in [2.45, 2.75) is 0 Å². The van der Waals surface area contributed by atoms with Crippen molar-refractivity contribution in [1.29, 1.82) is 0 Å². The Kier molecular flexibility index (Phi) is 6.81. The van der Waals surface area contributed by atoms with Crippen molar-refractivity contribution in [3.8, 4) is 50.6 Å². The lowest BCUT2D eigenvalue weighted by molar-refractivity contribution is 0.478. The number of nitrogens with zero attached hydrogens (tertiary/aromatic N) is 2. The lowest BCUT2D eigenvalue weighted by Crippen LogP contribution is -2.09. The number of fused-ring (bicyclic) bond motifs is 5. The van der Waals surface area contributed by atoms with Crippen LogP contribution in [0.4, 0.5) is 17.1 Å². The standard InChI is InChI=1S/C48H32N2O/c1-3-14-38(15-4-1)49(39-16-5-2-6-17-39)40-30-28-34(29-31-40)33-24-26-35(27-25-33)36-12-9-13-37(32-36)41-19-10-22-45-48(41)51-46-23-11-20-43-42-18-7-8-21-44(42)50(45)47(43)46/h1-32H. The predicted octanol–water partition coefficient (Wildman–Crippen LogP) is 13.4. The van der Waals surface area contributed by atoms with Crippen LogP contribution in [0.5, 0.6) is 11.5 Å². The van der Waals surface area contributed by atoms with Gasteiger partial charge in [-0.2, -0.15) is 0 Å². The van der Waals surface area contributed by atoms with E-state index < -0.39 is 0 Å². The van der Waals surface area contributed by atoms with E-state index in [0.29, 0.717) is 0 Å². The van der Waals surface area contributed by atoms with Gasteiger partial charge < -0.3 is 14.2 Å². The Bertz CT molecular complexity index is 2650. The molecule has 0 saturated heterocycles. The average Bonchev–Trinajstić information content (AvgIpc) is 3.55. The molecule has 0 saturated carbocycles. The number of ether oxygens (including phenoxy) is 1. The molecule has 0 atom stereocenters. The van der Waals surface area contributed by atoms with E-state index in [2.05, 4.69) is 204 Å². The molecule has 0 radical (unpaired) electrons. The van der Waals surface area contributed by atoms with Gasteiger partial charge in [-0.25, -0.2) is 0 Å². The summed E-state index contributed by atoms with van der Waals surface area (Å²) in [6, 6.07) is 68.9. The lowest BCUT2D eigenvalue weighted by atomic mass is 9.96. The van der Waals surface area contributed by atoms with Gasteiger partial charge in [-0.3, -0.25) is 0 Å². The van der Waals surface area contributed by atoms with Gasteiger partial charge in [0.15, 0.2) is 11.5 Å². The molecule has 9 aromatic rings. The number of anilines is 3. The fourth-order valence-corrected chi connectivity index (χ4v) is 7.59. The van der Waals surface area contributed by atoms with Crippen LogP contribution in [-0.2, 0) is 0 Å². The van der Waals surface area contributed by atoms with E-state index in [1.165, 1.54) is 38.5 Å². The number of hydrogen-bond acceptors (Lipinski definition) is 2. The first kappa shape index (κ1) is 29.1. The van der Waals surface area contributed by atoms with E-state index in [1.807, 2.05) is 0 Å². The maximum atomic E-state index is 6.72. The Morgan fingerprint density at radius 3 is 1.67 bits per heavy atom. The first-order valence-electron chi connectivity index (χ1n) is 17.4. The van der Waals surface area contributed by atoms with Crippen LogP contribution < -0.4 is 9.64 Å². The Hall–Kier alpha value is -6.84. The molecule has 0 spiro atoms. The van der Waals surface area contributed by atoms with Crippen LogP contribution in [0.3, 0.4) is 0 Å². The van der Waals surface area contributed by atoms with Gasteiger partial charge in [0.2, 0.25) is 0 Å². The molecule has 51 heavy (non-hydrogen) atoms. The summed E-state index contributed by atoms with van der Waals surface area (Å²) in [6.07, 6.45) is 0. The summed E-state index contributed by atoms with van der Waals surface area (Å²) >= 11 is 0. The summed E-state index contributed by atoms with van der Waals surface area (Å²) in [4.78, 5) is 2.29. The second-order valence-electron chi connectivity index (χ2n) is 13.0. The van der Waals surface area contributed by atoms with E-state index in [4.69, 9.17) is 4.74 Å². The zero-order valence-electron chi connectivity index (χ0n) is 27.8. The molecule has 1 aromatic heterocycles. The molecule has 240 valence electrons. The average molecular weight is 653 g/mol. The fraction of sp³-hybridized carbons (Fsp3) is 0. The maximum Gasteiger partial charge on any atom is 0.159 e. The molecule has 10 rings (SSSR count). The molecule has 0 unspecified atom stereocenters. The molecular formula is C48H32N2O. The molecule has 8 aromatic carbocycles. The lowest BCUT2D eigenvalue weighted by Gasteiger charge is -2.25. The molecule has 3 heteroatoms. The normalized spacial score (nSPS) is 11.7. The molecule has 0 fully saturated rings. The minimum Gasteiger partial charge on any atom is -0.452 e. The van der Waals surface area contributed by atoms with Crippen molar-refractivity contribution in [2.75, 3.05) is 4.90 Å². The third-order valence-corrected chi connectivity index (χ3v) is 9.98. The van der Waals surface area contributed by atoms with Gasteiger partial charge in [-0.05, 0) is 88.5 Å². The number of rotatable bonds is 6. The topological polar surface area (TPSA) is 17.4 Å². The van der Waals surface area contributed by atoms with Crippen LogP contribution in [0.25, 0.3) is 60.9 Å². The van der Waals surface area contributed by atoms with Gasteiger partial charge in [0.1, 0.15) is 0 Å². The van der Waals surface area contributed by atoms with Crippen molar-refractivity contribution < 1.29 is 4.74 Å². The molecule has 0 N–H and O–H groups in total. The second-order valence-corrected chi connectivity index (χ2v) is 13.0. The Morgan fingerprint density at radius 2 is 0.941 bits per heavy atom. The SMILES string of the molecule is c1ccc(N(c2ccccc2)c2ccc(-c3ccc(-c4cccc(-c5cccc6c5Oc5cccc7c8ccccc8n-6c57)c4)cc3)cc2)cc1. The fourth-order valence-electron chi connectivity index (χ4n) is 7.59. The smallest absolute Gasteiger partial charge is 0.159 e. The van der Waals surface area contributed by atoms with Crippen LogP contribution >= 0.6 is 0 Å². The third-order valence-electron chi connectivity index (χ3n) is 9.98.